The highest BCUT2D eigenvalue weighted by atomic mass is 35.5. The van der Waals surface area contributed by atoms with Crippen LogP contribution in [0.15, 0.2) is 394 Å². The molecule has 0 fully saturated rings. The summed E-state index contributed by atoms with van der Waals surface area (Å²) in [6, 6.07) is 126. The third kappa shape index (κ3) is 18.1. The number of benzene rings is 16. The van der Waals surface area contributed by atoms with E-state index in [0.717, 1.165) is 133 Å². The number of urea groups is 2. The van der Waals surface area contributed by atoms with Crippen LogP contribution in [0.25, 0.3) is 0 Å². The zero-order chi connectivity index (χ0) is 88.3. The standard InChI is InChI=1S/C28H23ClN2O.C27H20ClN3O3.2C27H21ClN2O/c1-30-21-16-14-19(15-17-21)28(32)31-18-20-8-2-3-9-22(20)27(23-10-4-6-12-25(23)29)24-11-5-7-13-26(24)31;28-24-11-5-3-9-22(24)26-21-8-2-1-7-18(21)17-30(25-12-6-4-10-23(25)26)27(32)29-19-13-15-20(16-14-19)31(33)34;28-24-11-5-3-9-22(24)26-21-8-2-1-7-19(21)17-30(25-12-6-4-10-23(25)26)27(31)18-13-15-20(29)16-14-18;28-24-16-8-6-14-22(24)26-21-13-5-4-10-19(21)18-30(25-17-9-7-15-23(25)26)27(31)29-20-11-2-1-3-12-20/h2-17,27,30H,18H2,1H3;1-16,26H,17H2,(H,29,32);1-16,26H,17,29H2;1-17,26H,18H2,(H,29,31). The number of halogens is 4. The van der Waals surface area contributed by atoms with Gasteiger partial charge in [-0.1, -0.05) is 307 Å². The fourth-order valence-corrected chi connectivity index (χ4v) is 18.6. The molecule has 4 atom stereocenters. The van der Waals surface area contributed by atoms with Gasteiger partial charge in [0, 0.05) is 120 Å². The van der Waals surface area contributed by atoms with Gasteiger partial charge in [0.25, 0.3) is 17.5 Å². The van der Waals surface area contributed by atoms with Crippen molar-refractivity contribution in [2.24, 2.45) is 0 Å². The number of para-hydroxylation sites is 5. The van der Waals surface area contributed by atoms with Crippen molar-refractivity contribution in [2.45, 2.75) is 49.9 Å². The van der Waals surface area contributed by atoms with Crippen LogP contribution in [0, 0.1) is 10.1 Å². The first-order valence-electron chi connectivity index (χ1n) is 41.9. The molecule has 4 unspecified atom stereocenters. The number of nitrogen functional groups attached to an aromatic ring is 1. The number of nitro benzene ring substituents is 1. The van der Waals surface area contributed by atoms with Gasteiger partial charge in [-0.3, -0.25) is 29.5 Å². The van der Waals surface area contributed by atoms with Gasteiger partial charge in [-0.2, -0.15) is 0 Å². The van der Waals surface area contributed by atoms with E-state index in [4.69, 9.17) is 52.1 Å². The lowest BCUT2D eigenvalue weighted by molar-refractivity contribution is -0.384. The molecule has 0 spiro atoms. The number of non-ortho nitro benzene ring substituents is 1. The maximum Gasteiger partial charge on any atom is 0.326 e. The molecular formula is C109H85Cl4N9O6. The fraction of sp³-hybridized carbons (Fsp3) is 0.0826. The third-order valence-corrected chi connectivity index (χ3v) is 25.1. The van der Waals surface area contributed by atoms with Gasteiger partial charge in [-0.05, 0) is 210 Å². The Morgan fingerprint density at radius 3 is 0.836 bits per heavy atom. The van der Waals surface area contributed by atoms with Gasteiger partial charge < -0.3 is 31.5 Å². The van der Waals surface area contributed by atoms with E-state index in [2.05, 4.69) is 101 Å². The number of nitrogens with zero attached hydrogens (tertiary/aromatic N) is 5. The van der Waals surface area contributed by atoms with Gasteiger partial charge in [-0.15, -0.1) is 0 Å². The van der Waals surface area contributed by atoms with Gasteiger partial charge in [0.1, 0.15) is 0 Å². The van der Waals surface area contributed by atoms with Crippen molar-refractivity contribution >= 4 is 121 Å². The summed E-state index contributed by atoms with van der Waals surface area (Å²) in [5.41, 5.74) is 30.6. The average Bonchev–Trinajstić information content (AvgIpc) is 1.63. The number of hydrogen-bond donors (Lipinski definition) is 4. The fourth-order valence-electron chi connectivity index (χ4n) is 17.6. The lowest BCUT2D eigenvalue weighted by Gasteiger charge is -2.25. The van der Waals surface area contributed by atoms with E-state index in [1.165, 1.54) is 29.8 Å². The van der Waals surface area contributed by atoms with Crippen molar-refractivity contribution in [2.75, 3.05) is 48.3 Å². The Hall–Kier alpha value is -14.8. The van der Waals surface area contributed by atoms with E-state index in [9.17, 15) is 29.3 Å². The minimum Gasteiger partial charge on any atom is -0.399 e. The van der Waals surface area contributed by atoms with Gasteiger partial charge in [0.05, 0.1) is 31.1 Å². The molecule has 20 rings (SSSR count). The second-order valence-electron chi connectivity index (χ2n) is 31.3. The number of carbonyl (C=O) groups is 4. The quantitative estimate of drug-likeness (QED) is 0.0592. The number of nitrogens with one attached hydrogen (secondary N) is 3. The number of nitro groups is 1. The molecule has 15 nitrogen and oxygen atoms in total. The molecule has 4 aliphatic rings. The topological polar surface area (TPSA) is 186 Å². The molecule has 0 saturated heterocycles. The summed E-state index contributed by atoms with van der Waals surface area (Å²) in [6.45, 7) is 1.83. The predicted molar refractivity (Wildman–Crippen MR) is 519 cm³/mol. The Labute approximate surface area is 763 Å². The number of carbonyl (C=O) groups excluding carboxylic acids is 4. The highest BCUT2D eigenvalue weighted by molar-refractivity contribution is 6.32. The molecule has 0 saturated carbocycles. The molecule has 0 aliphatic carbocycles. The Bertz CT molecular complexity index is 6800. The highest BCUT2D eigenvalue weighted by Gasteiger charge is 2.38. The summed E-state index contributed by atoms with van der Waals surface area (Å²) < 4.78 is 0. The second-order valence-corrected chi connectivity index (χ2v) is 32.9. The Morgan fingerprint density at radius 1 is 0.289 bits per heavy atom. The van der Waals surface area contributed by atoms with E-state index < -0.39 is 4.92 Å². The summed E-state index contributed by atoms with van der Waals surface area (Å²) >= 11 is 26.6. The van der Waals surface area contributed by atoms with E-state index in [1.54, 1.807) is 29.2 Å². The largest absolute Gasteiger partial charge is 0.399 e. The van der Waals surface area contributed by atoms with Gasteiger partial charge in [-0.25, -0.2) is 9.59 Å². The number of nitrogens with two attached hydrogens (primary N) is 1. The summed E-state index contributed by atoms with van der Waals surface area (Å²) in [7, 11) is 1.87. The Kier molecular flexibility index (Phi) is 25.8. The van der Waals surface area contributed by atoms with Gasteiger partial charge in [0.2, 0.25) is 0 Å². The molecule has 4 aliphatic heterocycles. The Balaban J connectivity index is 0.000000120. The molecule has 19 heteroatoms. The van der Waals surface area contributed by atoms with Crippen LogP contribution in [0.2, 0.25) is 20.1 Å². The van der Waals surface area contributed by atoms with Crippen molar-refractivity contribution in [1.29, 1.82) is 0 Å². The van der Waals surface area contributed by atoms with E-state index >= 15 is 0 Å². The minimum absolute atomic E-state index is 0.0188. The van der Waals surface area contributed by atoms with Crippen molar-refractivity contribution in [1.82, 2.24) is 0 Å². The molecule has 0 bridgehead atoms. The number of fused-ring (bicyclic) bond motifs is 8. The smallest absolute Gasteiger partial charge is 0.326 e. The normalized spacial score (nSPS) is 14.8. The SMILES string of the molecule is CNc1ccc(C(=O)N2Cc3ccccc3C(c3ccccc3Cl)c3ccccc32)cc1.Nc1ccc(C(=O)N2Cc3ccccc3C(c3ccccc3Cl)c3ccccc32)cc1.O=C(Nc1ccc([N+](=O)[O-])cc1)N1Cc2ccccc2C(c2ccccc2Cl)c2ccccc21.O=C(Nc1ccccc1)N1Cc2ccccc2C(c2ccccc2Cl)c2ccccc21. The third-order valence-electron chi connectivity index (χ3n) is 23.7. The molecule has 5 N–H and O–H groups in total. The van der Waals surface area contributed by atoms with Crippen LogP contribution >= 0.6 is 46.4 Å². The van der Waals surface area contributed by atoms with E-state index in [-0.39, 0.29) is 53.2 Å². The van der Waals surface area contributed by atoms with Crippen LogP contribution in [-0.2, 0) is 26.2 Å². The van der Waals surface area contributed by atoms with Crippen molar-refractivity contribution in [3.63, 3.8) is 0 Å². The second kappa shape index (κ2) is 38.7. The highest BCUT2D eigenvalue weighted by Crippen LogP contribution is 2.50. The first-order valence-corrected chi connectivity index (χ1v) is 43.4. The first-order chi connectivity index (χ1) is 62.5. The molecule has 16 aromatic carbocycles. The molecule has 16 aromatic rings. The number of rotatable bonds is 10. The molecule has 128 heavy (non-hydrogen) atoms. The molecule has 0 aromatic heterocycles. The van der Waals surface area contributed by atoms with Crippen molar-refractivity contribution in [3.8, 4) is 0 Å². The molecular weight excluding hydrogens is 1670 g/mol. The maximum atomic E-state index is 13.7. The summed E-state index contributed by atoms with van der Waals surface area (Å²) in [5.74, 6) is -0.392. The number of hydrogen-bond acceptors (Lipinski definition) is 8. The molecule has 630 valence electrons. The maximum absolute atomic E-state index is 13.7. The summed E-state index contributed by atoms with van der Waals surface area (Å²) in [5, 5.41) is 22.8. The lowest BCUT2D eigenvalue weighted by atomic mass is 9.83. The van der Waals surface area contributed by atoms with Crippen LogP contribution in [0.3, 0.4) is 0 Å². The minimum atomic E-state index is -0.470. The average molecular weight is 1760 g/mol. The summed E-state index contributed by atoms with van der Waals surface area (Å²) in [4.78, 5) is 71.9. The van der Waals surface area contributed by atoms with Gasteiger partial charge in [0.15, 0.2) is 0 Å². The number of anilines is 8. The van der Waals surface area contributed by atoms with E-state index in [0.29, 0.717) is 53.7 Å². The van der Waals surface area contributed by atoms with Crippen molar-refractivity contribution in [3.05, 3.63) is 525 Å². The molecule has 6 amide bonds. The lowest BCUT2D eigenvalue weighted by Crippen LogP contribution is -2.34. The van der Waals surface area contributed by atoms with Crippen molar-refractivity contribution < 1.29 is 24.1 Å². The first kappa shape index (κ1) is 85.3. The number of amides is 6. The monoisotopic (exact) mass is 1760 g/mol. The predicted octanol–water partition coefficient (Wildman–Crippen LogP) is 27.0. The van der Waals surface area contributed by atoms with Crippen LogP contribution in [0.1, 0.15) is 133 Å². The summed E-state index contributed by atoms with van der Waals surface area (Å²) in [6.07, 6.45) is 0. The Morgan fingerprint density at radius 2 is 0.531 bits per heavy atom. The van der Waals surface area contributed by atoms with Crippen LogP contribution in [0.4, 0.5) is 60.8 Å². The van der Waals surface area contributed by atoms with E-state index in [1.807, 2.05) is 283 Å². The van der Waals surface area contributed by atoms with Crippen LogP contribution in [0.5, 0.6) is 0 Å². The molecule has 0 radical (unpaired) electrons. The zero-order valence-corrected chi connectivity index (χ0v) is 72.5. The van der Waals surface area contributed by atoms with Crippen LogP contribution < -0.4 is 41.3 Å². The van der Waals surface area contributed by atoms with Gasteiger partial charge >= 0.3 is 12.1 Å². The van der Waals surface area contributed by atoms with Crippen LogP contribution in [-0.4, -0.2) is 35.8 Å². The zero-order valence-electron chi connectivity index (χ0n) is 69.4. The molecule has 4 heterocycles.